The molecule has 5 nitrogen and oxygen atoms in total. The molecule has 0 spiro atoms. The summed E-state index contributed by atoms with van der Waals surface area (Å²) < 4.78 is 0. The molecule has 1 heterocycles. The number of hydrogen-bond acceptors (Lipinski definition) is 4. The minimum atomic E-state index is -0.486. The summed E-state index contributed by atoms with van der Waals surface area (Å²) in [4.78, 5) is 15.7. The molecular weight excluding hydrogens is 230 g/mol. The van der Waals surface area contributed by atoms with Gasteiger partial charge < -0.3 is 20.2 Å². The van der Waals surface area contributed by atoms with Crippen LogP contribution < -0.4 is 10.2 Å². The van der Waals surface area contributed by atoms with Crippen molar-refractivity contribution in [2.45, 2.75) is 0 Å². The van der Waals surface area contributed by atoms with Crippen molar-refractivity contribution in [3.05, 3.63) is 24.3 Å². The van der Waals surface area contributed by atoms with Crippen molar-refractivity contribution in [1.29, 1.82) is 0 Å². The highest BCUT2D eigenvalue weighted by Gasteiger charge is 2.13. The van der Waals surface area contributed by atoms with Crippen LogP contribution in [-0.4, -0.2) is 55.7 Å². The molecule has 1 aliphatic heterocycles. The van der Waals surface area contributed by atoms with E-state index >= 15 is 0 Å². The number of piperazine rings is 1. The number of likely N-dealkylation sites (N-methyl/N-ethyl adjacent to an activating group) is 1. The minimum Gasteiger partial charge on any atom is -0.387 e. The molecule has 2 rings (SSSR count). The number of amides is 1. The minimum absolute atomic E-state index is 0.387. The quantitative estimate of drug-likeness (QED) is 0.812. The highest BCUT2D eigenvalue weighted by atomic mass is 16.3. The zero-order chi connectivity index (χ0) is 13.0. The largest absolute Gasteiger partial charge is 0.387 e. The van der Waals surface area contributed by atoms with Gasteiger partial charge in [-0.25, -0.2) is 0 Å². The number of carbonyl (C=O) groups excluding carboxylic acids is 1. The van der Waals surface area contributed by atoms with Crippen LogP contribution >= 0.6 is 0 Å². The van der Waals surface area contributed by atoms with Crippen molar-refractivity contribution in [3.8, 4) is 0 Å². The second kappa shape index (κ2) is 5.84. The van der Waals surface area contributed by atoms with Crippen LogP contribution in [0.25, 0.3) is 0 Å². The molecule has 1 fully saturated rings. The number of carbonyl (C=O) groups is 1. The zero-order valence-corrected chi connectivity index (χ0v) is 10.6. The van der Waals surface area contributed by atoms with E-state index in [2.05, 4.69) is 22.2 Å². The van der Waals surface area contributed by atoms with E-state index in [-0.39, 0.29) is 5.91 Å². The van der Waals surface area contributed by atoms with Gasteiger partial charge in [-0.2, -0.15) is 0 Å². The Bertz CT molecular complexity index is 397. The van der Waals surface area contributed by atoms with Crippen molar-refractivity contribution in [2.75, 3.05) is 50.1 Å². The smallest absolute Gasteiger partial charge is 0.250 e. The van der Waals surface area contributed by atoms with Gasteiger partial charge >= 0.3 is 0 Å². The molecule has 1 aromatic carbocycles. The number of nitrogens with one attached hydrogen (secondary N) is 1. The summed E-state index contributed by atoms with van der Waals surface area (Å²) in [7, 11) is 2.13. The standard InChI is InChI=1S/C13H19N3O2/c1-15-6-8-16(9-7-15)12-4-2-11(3-5-12)14-13(18)10-17/h2-5,17H,6-10H2,1H3,(H,14,18). The van der Waals surface area contributed by atoms with Gasteiger partial charge in [-0.05, 0) is 31.3 Å². The van der Waals surface area contributed by atoms with Crippen LogP contribution in [0.1, 0.15) is 0 Å². The van der Waals surface area contributed by atoms with Crippen LogP contribution in [0.4, 0.5) is 11.4 Å². The Labute approximate surface area is 107 Å². The summed E-state index contributed by atoms with van der Waals surface area (Å²) in [5.74, 6) is -0.387. The Kier molecular flexibility index (Phi) is 4.17. The van der Waals surface area contributed by atoms with Gasteiger partial charge in [0.05, 0.1) is 0 Å². The average molecular weight is 249 g/mol. The summed E-state index contributed by atoms with van der Waals surface area (Å²) in [6.45, 7) is 3.71. The summed E-state index contributed by atoms with van der Waals surface area (Å²) in [5, 5.41) is 11.3. The molecule has 18 heavy (non-hydrogen) atoms. The summed E-state index contributed by atoms with van der Waals surface area (Å²) in [6, 6.07) is 7.72. The van der Waals surface area contributed by atoms with E-state index in [4.69, 9.17) is 5.11 Å². The number of rotatable bonds is 3. The molecule has 0 aromatic heterocycles. The molecule has 1 aromatic rings. The first-order valence-electron chi connectivity index (χ1n) is 6.13. The molecule has 2 N–H and O–H groups in total. The molecule has 98 valence electrons. The molecule has 0 saturated carbocycles. The zero-order valence-electron chi connectivity index (χ0n) is 10.6. The maximum Gasteiger partial charge on any atom is 0.250 e. The van der Waals surface area contributed by atoms with Crippen LogP contribution in [0.2, 0.25) is 0 Å². The van der Waals surface area contributed by atoms with E-state index in [0.717, 1.165) is 26.2 Å². The summed E-state index contributed by atoms with van der Waals surface area (Å²) in [6.07, 6.45) is 0. The lowest BCUT2D eigenvalue weighted by atomic mass is 10.2. The Balaban J connectivity index is 1.97. The molecule has 1 amide bonds. The average Bonchev–Trinajstić information content (AvgIpc) is 2.40. The second-order valence-corrected chi connectivity index (χ2v) is 4.54. The van der Waals surface area contributed by atoms with Gasteiger partial charge in [0.15, 0.2) is 0 Å². The van der Waals surface area contributed by atoms with Crippen molar-refractivity contribution < 1.29 is 9.90 Å². The van der Waals surface area contributed by atoms with Crippen molar-refractivity contribution in [3.63, 3.8) is 0 Å². The molecule has 0 radical (unpaired) electrons. The number of benzene rings is 1. The molecule has 0 bridgehead atoms. The molecule has 5 heteroatoms. The molecule has 0 unspecified atom stereocenters. The first kappa shape index (κ1) is 12.9. The summed E-state index contributed by atoms with van der Waals surface area (Å²) in [5.41, 5.74) is 1.89. The predicted molar refractivity (Wildman–Crippen MR) is 71.9 cm³/mol. The fraction of sp³-hybridized carbons (Fsp3) is 0.462. The number of hydrogen-bond donors (Lipinski definition) is 2. The first-order chi connectivity index (χ1) is 8.69. The van der Waals surface area contributed by atoms with E-state index in [1.165, 1.54) is 5.69 Å². The van der Waals surface area contributed by atoms with Crippen LogP contribution in [0, 0.1) is 0 Å². The van der Waals surface area contributed by atoms with Gasteiger partial charge in [0.1, 0.15) is 6.61 Å². The van der Waals surface area contributed by atoms with Gasteiger partial charge in [-0.1, -0.05) is 0 Å². The SMILES string of the molecule is CN1CCN(c2ccc(NC(=O)CO)cc2)CC1. The van der Waals surface area contributed by atoms with E-state index in [0.29, 0.717) is 5.69 Å². The Morgan fingerprint density at radius 2 is 1.83 bits per heavy atom. The van der Waals surface area contributed by atoms with Crippen LogP contribution in [0.5, 0.6) is 0 Å². The van der Waals surface area contributed by atoms with Crippen LogP contribution in [0.3, 0.4) is 0 Å². The molecule has 0 aliphatic carbocycles. The maximum absolute atomic E-state index is 11.0. The van der Waals surface area contributed by atoms with Gasteiger partial charge in [0.2, 0.25) is 5.91 Å². The van der Waals surface area contributed by atoms with E-state index in [1.807, 2.05) is 24.3 Å². The number of aliphatic hydroxyl groups excluding tert-OH is 1. The number of aliphatic hydroxyl groups is 1. The monoisotopic (exact) mass is 249 g/mol. The second-order valence-electron chi connectivity index (χ2n) is 4.54. The molecule has 0 atom stereocenters. The third-order valence-corrected chi connectivity index (χ3v) is 3.16. The molecule has 1 saturated heterocycles. The molecule has 1 aliphatic rings. The Hall–Kier alpha value is -1.59. The Morgan fingerprint density at radius 3 is 2.39 bits per heavy atom. The Morgan fingerprint density at radius 1 is 1.22 bits per heavy atom. The predicted octanol–water partition coefficient (Wildman–Crippen LogP) is 0.369. The van der Waals surface area contributed by atoms with Crippen LogP contribution in [-0.2, 0) is 4.79 Å². The van der Waals surface area contributed by atoms with Crippen LogP contribution in [0.15, 0.2) is 24.3 Å². The number of nitrogens with zero attached hydrogens (tertiary/aromatic N) is 2. The fourth-order valence-corrected chi connectivity index (χ4v) is 2.02. The van der Waals surface area contributed by atoms with E-state index in [9.17, 15) is 4.79 Å². The van der Waals surface area contributed by atoms with Gasteiger partial charge in [-0.3, -0.25) is 4.79 Å². The normalized spacial score (nSPS) is 16.7. The van der Waals surface area contributed by atoms with E-state index in [1.54, 1.807) is 0 Å². The maximum atomic E-state index is 11.0. The molecular formula is C13H19N3O2. The van der Waals surface area contributed by atoms with Crippen molar-refractivity contribution in [2.24, 2.45) is 0 Å². The van der Waals surface area contributed by atoms with Crippen molar-refractivity contribution in [1.82, 2.24) is 4.90 Å². The number of anilines is 2. The lowest BCUT2D eigenvalue weighted by Crippen LogP contribution is -2.44. The highest BCUT2D eigenvalue weighted by molar-refractivity contribution is 5.91. The third kappa shape index (κ3) is 3.21. The first-order valence-corrected chi connectivity index (χ1v) is 6.13. The topological polar surface area (TPSA) is 55.8 Å². The highest BCUT2D eigenvalue weighted by Crippen LogP contribution is 2.19. The fourth-order valence-electron chi connectivity index (χ4n) is 2.02. The van der Waals surface area contributed by atoms with Gasteiger partial charge in [0, 0.05) is 37.6 Å². The summed E-state index contributed by atoms with van der Waals surface area (Å²) >= 11 is 0. The lowest BCUT2D eigenvalue weighted by molar-refractivity contribution is -0.118. The lowest BCUT2D eigenvalue weighted by Gasteiger charge is -2.34. The third-order valence-electron chi connectivity index (χ3n) is 3.16. The van der Waals surface area contributed by atoms with Crippen molar-refractivity contribution >= 4 is 17.3 Å². The van der Waals surface area contributed by atoms with Gasteiger partial charge in [-0.15, -0.1) is 0 Å². The van der Waals surface area contributed by atoms with E-state index < -0.39 is 6.61 Å². The van der Waals surface area contributed by atoms with Gasteiger partial charge in [0.25, 0.3) is 0 Å².